The van der Waals surface area contributed by atoms with Crippen molar-refractivity contribution in [1.29, 1.82) is 0 Å². The number of benzene rings is 1. The molecule has 0 amide bonds. The number of sulfonamides is 1. The molecule has 7 nitrogen and oxygen atoms in total. The third-order valence-corrected chi connectivity index (χ3v) is 7.18. The maximum absolute atomic E-state index is 12.8. The Labute approximate surface area is 182 Å². The first-order valence-corrected chi connectivity index (χ1v) is 11.8. The molecule has 0 aliphatic carbocycles. The van der Waals surface area contributed by atoms with Gasteiger partial charge in [0.2, 0.25) is 10.0 Å². The molecule has 0 atom stereocenters. The molecule has 1 aromatic carbocycles. The number of esters is 1. The summed E-state index contributed by atoms with van der Waals surface area (Å²) in [5.74, 6) is -0.488. The summed E-state index contributed by atoms with van der Waals surface area (Å²) in [4.78, 5) is 16.7. The molecule has 3 aromatic rings. The van der Waals surface area contributed by atoms with Gasteiger partial charge in [0.25, 0.3) is 0 Å². The Hall–Kier alpha value is -2.97. The Morgan fingerprint density at radius 1 is 1.03 bits per heavy atom. The summed E-state index contributed by atoms with van der Waals surface area (Å²) in [6, 6.07) is 12.2. The smallest absolute Gasteiger partial charge is 0.331 e. The van der Waals surface area contributed by atoms with Crippen LogP contribution in [0.3, 0.4) is 0 Å². The van der Waals surface area contributed by atoms with Gasteiger partial charge in [0.05, 0.1) is 10.6 Å². The Bertz CT molecular complexity index is 1140. The van der Waals surface area contributed by atoms with E-state index in [-0.39, 0.29) is 11.5 Å². The number of aromatic nitrogens is 2. The summed E-state index contributed by atoms with van der Waals surface area (Å²) in [7, 11) is -3.48. The van der Waals surface area contributed by atoms with Crippen LogP contribution in [0.2, 0.25) is 0 Å². The second kappa shape index (κ2) is 9.45. The molecule has 0 unspecified atom stereocenters. The molecular weight excluding hydrogens is 414 g/mol. The fraction of sp³-hybridized carbons (Fsp3) is 0.304. The Balaban J connectivity index is 1.34. The first-order valence-electron chi connectivity index (χ1n) is 10.4. The van der Waals surface area contributed by atoms with E-state index in [4.69, 9.17) is 4.74 Å². The van der Waals surface area contributed by atoms with Crippen molar-refractivity contribution >= 4 is 27.7 Å². The second-order valence-corrected chi connectivity index (χ2v) is 9.46. The molecule has 0 N–H and O–H groups in total. The number of carbonyl (C=O) groups excluding carboxylic acids is 1. The quantitative estimate of drug-likeness (QED) is 0.433. The molecule has 4 rings (SSSR count). The van der Waals surface area contributed by atoms with Gasteiger partial charge in [0.1, 0.15) is 12.3 Å². The average Bonchev–Trinajstić information content (AvgIpc) is 2.99. The van der Waals surface area contributed by atoms with Crippen LogP contribution in [0.5, 0.6) is 0 Å². The minimum absolute atomic E-state index is 0.0812. The van der Waals surface area contributed by atoms with Crippen molar-refractivity contribution < 1.29 is 17.9 Å². The van der Waals surface area contributed by atoms with Gasteiger partial charge >= 0.3 is 5.97 Å². The van der Waals surface area contributed by atoms with Crippen LogP contribution in [0, 0.1) is 0 Å². The molecule has 0 bridgehead atoms. The Kier molecular flexibility index (Phi) is 6.48. The number of ether oxygens (including phenoxy) is 1. The standard InChI is InChI=1S/C23H25N3O4S/c27-23(30-18-20-17-25-14-6-3-7-22(25)24-20)13-10-19-8-11-21(12-9-19)31(28,29)26-15-4-1-2-5-16-26/h3,6-14,17H,1-2,4-5,15-16,18H2. The minimum Gasteiger partial charge on any atom is -0.456 e. The SMILES string of the molecule is O=C(C=Cc1ccc(S(=O)(=O)N2CCCCCC2)cc1)OCc1cn2ccccc2n1. The summed E-state index contributed by atoms with van der Waals surface area (Å²) >= 11 is 0. The van der Waals surface area contributed by atoms with E-state index in [9.17, 15) is 13.2 Å². The minimum atomic E-state index is -3.48. The van der Waals surface area contributed by atoms with Crippen LogP contribution in [0.1, 0.15) is 36.9 Å². The van der Waals surface area contributed by atoms with E-state index < -0.39 is 16.0 Å². The van der Waals surface area contributed by atoms with Crippen LogP contribution in [-0.2, 0) is 26.2 Å². The van der Waals surface area contributed by atoms with Gasteiger partial charge in [-0.25, -0.2) is 18.2 Å². The predicted molar refractivity (Wildman–Crippen MR) is 118 cm³/mol. The molecule has 0 spiro atoms. The van der Waals surface area contributed by atoms with Crippen LogP contribution in [0.15, 0.2) is 65.8 Å². The number of pyridine rings is 1. The summed E-state index contributed by atoms with van der Waals surface area (Å²) in [6.45, 7) is 1.22. The van der Waals surface area contributed by atoms with Crippen LogP contribution < -0.4 is 0 Å². The normalized spacial score (nSPS) is 15.9. The summed E-state index contributed by atoms with van der Waals surface area (Å²) < 4.78 is 34.3. The first kappa shape index (κ1) is 21.3. The number of rotatable bonds is 6. The van der Waals surface area contributed by atoms with E-state index in [1.165, 1.54) is 6.08 Å². The number of nitrogens with zero attached hydrogens (tertiary/aromatic N) is 3. The van der Waals surface area contributed by atoms with Gasteiger partial charge in [-0.2, -0.15) is 4.31 Å². The zero-order chi connectivity index (χ0) is 21.7. The van der Waals surface area contributed by atoms with Crippen LogP contribution >= 0.6 is 0 Å². The monoisotopic (exact) mass is 439 g/mol. The number of fused-ring (bicyclic) bond motifs is 1. The highest BCUT2D eigenvalue weighted by molar-refractivity contribution is 7.89. The fourth-order valence-corrected chi connectivity index (χ4v) is 5.11. The molecule has 3 heterocycles. The highest BCUT2D eigenvalue weighted by Crippen LogP contribution is 2.21. The molecule has 1 aliphatic rings. The van der Waals surface area contributed by atoms with E-state index in [2.05, 4.69) is 4.98 Å². The lowest BCUT2D eigenvalue weighted by atomic mass is 10.2. The molecular formula is C23H25N3O4S. The van der Waals surface area contributed by atoms with Crippen molar-refractivity contribution in [2.24, 2.45) is 0 Å². The van der Waals surface area contributed by atoms with Gasteiger partial charge in [-0.1, -0.05) is 31.0 Å². The Morgan fingerprint density at radius 3 is 2.48 bits per heavy atom. The lowest BCUT2D eigenvalue weighted by Gasteiger charge is -2.19. The largest absolute Gasteiger partial charge is 0.456 e. The zero-order valence-electron chi connectivity index (χ0n) is 17.2. The van der Waals surface area contributed by atoms with Gasteiger partial charge in [0, 0.05) is 31.6 Å². The van der Waals surface area contributed by atoms with Gasteiger partial charge in [0.15, 0.2) is 0 Å². The summed E-state index contributed by atoms with van der Waals surface area (Å²) in [5, 5.41) is 0. The molecule has 1 fully saturated rings. The van der Waals surface area contributed by atoms with Gasteiger partial charge in [-0.3, -0.25) is 0 Å². The number of imidazole rings is 1. The van der Waals surface area contributed by atoms with E-state index >= 15 is 0 Å². The third kappa shape index (κ3) is 5.21. The maximum Gasteiger partial charge on any atom is 0.331 e. The maximum atomic E-state index is 12.8. The molecule has 1 aliphatic heterocycles. The number of carbonyl (C=O) groups is 1. The van der Waals surface area contributed by atoms with Crippen molar-refractivity contribution in [3.8, 4) is 0 Å². The number of hydrogen-bond acceptors (Lipinski definition) is 5. The predicted octanol–water partition coefficient (Wildman–Crippen LogP) is 3.66. The van der Waals surface area contributed by atoms with Crippen molar-refractivity contribution in [2.45, 2.75) is 37.2 Å². The summed E-state index contributed by atoms with van der Waals surface area (Å²) in [6.07, 6.45) is 10.6. The van der Waals surface area contributed by atoms with Crippen molar-refractivity contribution in [3.63, 3.8) is 0 Å². The highest BCUT2D eigenvalue weighted by atomic mass is 32.2. The lowest BCUT2D eigenvalue weighted by molar-refractivity contribution is -0.139. The second-order valence-electron chi connectivity index (χ2n) is 7.53. The molecule has 0 radical (unpaired) electrons. The van der Waals surface area contributed by atoms with Crippen LogP contribution in [0.25, 0.3) is 11.7 Å². The van der Waals surface area contributed by atoms with Crippen molar-refractivity contribution in [3.05, 3.63) is 72.2 Å². The topological polar surface area (TPSA) is 81.0 Å². The zero-order valence-corrected chi connectivity index (χ0v) is 18.0. The fourth-order valence-electron chi connectivity index (χ4n) is 3.60. The van der Waals surface area contributed by atoms with Gasteiger partial charge < -0.3 is 9.14 Å². The molecule has 8 heteroatoms. The molecule has 162 valence electrons. The Morgan fingerprint density at radius 2 is 1.77 bits per heavy atom. The average molecular weight is 440 g/mol. The first-order chi connectivity index (χ1) is 15.0. The third-order valence-electron chi connectivity index (χ3n) is 5.27. The van der Waals surface area contributed by atoms with E-state index in [1.54, 1.807) is 34.6 Å². The van der Waals surface area contributed by atoms with E-state index in [0.717, 1.165) is 36.9 Å². The number of hydrogen-bond donors (Lipinski definition) is 0. The molecule has 0 saturated carbocycles. The van der Waals surface area contributed by atoms with E-state index in [0.29, 0.717) is 18.8 Å². The van der Waals surface area contributed by atoms with Crippen LogP contribution in [0.4, 0.5) is 0 Å². The molecule has 1 saturated heterocycles. The highest BCUT2D eigenvalue weighted by Gasteiger charge is 2.24. The lowest BCUT2D eigenvalue weighted by Crippen LogP contribution is -2.31. The van der Waals surface area contributed by atoms with Gasteiger partial charge in [-0.05, 0) is 48.7 Å². The van der Waals surface area contributed by atoms with Crippen molar-refractivity contribution in [2.75, 3.05) is 13.1 Å². The van der Waals surface area contributed by atoms with Gasteiger partial charge in [-0.15, -0.1) is 0 Å². The molecule has 31 heavy (non-hydrogen) atoms. The molecule has 2 aromatic heterocycles. The summed E-state index contributed by atoms with van der Waals surface area (Å²) in [5.41, 5.74) is 2.18. The van der Waals surface area contributed by atoms with E-state index in [1.807, 2.05) is 35.0 Å². The van der Waals surface area contributed by atoms with Crippen LogP contribution in [-0.4, -0.2) is 41.2 Å². The van der Waals surface area contributed by atoms with Crippen molar-refractivity contribution in [1.82, 2.24) is 13.7 Å².